The number of benzene rings is 5. The van der Waals surface area contributed by atoms with E-state index >= 15 is 0 Å². The number of hydrogen-bond acceptors (Lipinski definition) is 10. The van der Waals surface area contributed by atoms with Gasteiger partial charge in [0.25, 0.3) is 0 Å². The minimum Gasteiger partial charge on any atom is -1.00 e. The molecule has 0 aliphatic carbocycles. The molecular formula is C59H65Cl3F4KN4O8P. The summed E-state index contributed by atoms with van der Waals surface area (Å²) < 4.78 is 75.7. The number of halogens is 7. The van der Waals surface area contributed by atoms with Crippen LogP contribution in [0.25, 0.3) is 6.08 Å². The van der Waals surface area contributed by atoms with Crippen molar-refractivity contribution >= 4 is 70.3 Å². The van der Waals surface area contributed by atoms with E-state index in [-0.39, 0.29) is 121 Å². The fourth-order valence-corrected chi connectivity index (χ4v) is 11.4. The maximum atomic E-state index is 13.7. The summed E-state index contributed by atoms with van der Waals surface area (Å²) in [6, 6.07) is 38.4. The third kappa shape index (κ3) is 23.6. The summed E-state index contributed by atoms with van der Waals surface area (Å²) in [5.74, 6) is -3.11. The van der Waals surface area contributed by atoms with Gasteiger partial charge >= 0.3 is 51.4 Å². The Morgan fingerprint density at radius 1 is 0.688 bits per heavy atom. The second-order valence-corrected chi connectivity index (χ2v) is 21.9. The predicted octanol–water partition coefficient (Wildman–Crippen LogP) is 5.87. The fourth-order valence-electron chi connectivity index (χ4n) is 7.10. The molecule has 1 fully saturated rings. The molecule has 7 aromatic rings. The van der Waals surface area contributed by atoms with Gasteiger partial charge in [-0.2, -0.15) is 10.2 Å². The average Bonchev–Trinajstić information content (AvgIpc) is 4.22. The van der Waals surface area contributed by atoms with Crippen molar-refractivity contribution in [3.05, 3.63) is 214 Å². The van der Waals surface area contributed by atoms with E-state index in [2.05, 4.69) is 113 Å². The molecule has 0 spiro atoms. The van der Waals surface area contributed by atoms with Crippen LogP contribution in [0.15, 0.2) is 146 Å². The molecule has 1 aliphatic rings. The normalized spacial score (nSPS) is 11.3. The molecule has 0 unspecified atom stereocenters. The molecule has 0 atom stereocenters. The first-order chi connectivity index (χ1) is 37.2. The Morgan fingerprint density at radius 3 is 1.34 bits per heavy atom. The Kier molecular flexibility index (Phi) is 34.8. The van der Waals surface area contributed by atoms with Crippen LogP contribution < -0.4 is 84.8 Å². The zero-order valence-corrected chi connectivity index (χ0v) is 52.5. The Morgan fingerprint density at radius 2 is 1.05 bits per heavy atom. The Bertz CT molecular complexity index is 2910. The third-order valence-electron chi connectivity index (χ3n) is 10.6. The summed E-state index contributed by atoms with van der Waals surface area (Å²) in [6.07, 6.45) is 7.89. The van der Waals surface area contributed by atoms with Crippen molar-refractivity contribution in [3.8, 4) is 0 Å². The summed E-state index contributed by atoms with van der Waals surface area (Å²) in [5.41, 5.74) is -0.301. The molecule has 0 amide bonds. The van der Waals surface area contributed by atoms with E-state index in [4.69, 9.17) is 37.4 Å². The van der Waals surface area contributed by atoms with Crippen LogP contribution in [0.1, 0.15) is 95.5 Å². The Labute approximate surface area is 525 Å². The molecule has 0 bridgehead atoms. The predicted molar refractivity (Wildman–Crippen MR) is 301 cm³/mol. The molecule has 1 saturated heterocycles. The number of ether oxygens (including phenoxy) is 4. The summed E-state index contributed by atoms with van der Waals surface area (Å²) in [7, 11) is 3.03. The number of hydrogen-bond donors (Lipinski definition) is 0. The molecule has 8 rings (SSSR count). The third-order valence-corrected chi connectivity index (χ3v) is 15.6. The van der Waals surface area contributed by atoms with Gasteiger partial charge in [-0.05, 0) is 91.7 Å². The number of rotatable bonds is 15. The number of methoxy groups -OCH3 is 3. The second-order valence-electron chi connectivity index (χ2n) is 17.7. The van der Waals surface area contributed by atoms with Crippen molar-refractivity contribution in [2.45, 2.75) is 66.2 Å². The standard InChI is InChI=1S/C20H20OP.C15H13ClF2N2O2.C13H9ClF2N2O2.C4H8O.C4H9O.C3H6O.ClH.K/c1-21-17-22(18-11-5-2-6-12-18,19-13-7-3-8-14-19)20-15-9-4-10-16-20;1-9(21)14-12(5-6-22-2)15(16)20(19-14)8-10-7-11(17)3-4-13(10)18;1-7(20)12-10(6-19)13(14)18(17-12)5-8-4-9(15)2-3-11(8)16;1-2-4-5-3-1;1-4(2,3)5;1-3-4-2;;/h2-16H,17H2,1H3;3-7H,8H2,1-2H3;2-4,6H,5H2,1H3;1-4H2;1-3H3;3H,1H2,2H3;1H;/q+1;;;;-1;;;+1/p-1. The first kappa shape index (κ1) is 73.2. The molecule has 2 aromatic heterocycles. The molecule has 12 nitrogen and oxygen atoms in total. The smallest absolute Gasteiger partial charge is 1.00 e. The number of ketones is 2. The van der Waals surface area contributed by atoms with Crippen LogP contribution in [0.2, 0.25) is 10.3 Å². The van der Waals surface area contributed by atoms with Crippen LogP contribution >= 0.6 is 30.5 Å². The van der Waals surface area contributed by atoms with E-state index in [1.54, 1.807) is 35.0 Å². The number of carbonyl (C=O) groups is 3. The number of carbonyl (C=O) groups excluding carboxylic acids is 3. The van der Waals surface area contributed by atoms with Crippen LogP contribution in [0.4, 0.5) is 17.6 Å². The summed E-state index contributed by atoms with van der Waals surface area (Å²) >= 11 is 12.1. The van der Waals surface area contributed by atoms with E-state index in [1.807, 2.05) is 0 Å². The largest absolute Gasteiger partial charge is 1.00 e. The van der Waals surface area contributed by atoms with Gasteiger partial charge in [-0.25, -0.2) is 26.9 Å². The SMILES string of the molecule is C1CCOC1.C=COC.CC(=O)c1nn(Cc2cc(F)ccc2F)c(Cl)c1C=O.CC(C)(C)[O-].COC=Cc1c(C(C)=O)nn(Cc2cc(F)ccc2F)c1Cl.COC[P+](c1ccccc1)(c1ccccc1)c1ccccc1.[Cl-].[K+]. The first-order valence-corrected chi connectivity index (χ1v) is 26.9. The van der Waals surface area contributed by atoms with Gasteiger partial charge in [0.05, 0.1) is 45.4 Å². The van der Waals surface area contributed by atoms with Crippen LogP contribution in [-0.2, 0) is 32.0 Å². The molecule has 1 aliphatic heterocycles. The van der Waals surface area contributed by atoms with Gasteiger partial charge in [-0.15, -0.1) is 5.60 Å². The van der Waals surface area contributed by atoms with Crippen LogP contribution in [-0.4, -0.2) is 83.9 Å². The number of Topliss-reactive ketones (excluding diaryl/α,β-unsaturated/α-hetero) is 2. The van der Waals surface area contributed by atoms with E-state index in [1.165, 1.54) is 73.0 Å². The fraction of sp³-hybridized carbons (Fsp3) is 0.271. The van der Waals surface area contributed by atoms with Crippen LogP contribution in [0, 0.1) is 23.3 Å². The Balaban J connectivity index is 0.000000528. The van der Waals surface area contributed by atoms with Crippen molar-refractivity contribution < 1.29 is 120 Å². The molecule has 21 heteroatoms. The molecule has 424 valence electrons. The molecule has 5 aromatic carbocycles. The monoisotopic (exact) mass is 1210 g/mol. The number of aldehydes is 1. The minimum absolute atomic E-state index is 0. The summed E-state index contributed by atoms with van der Waals surface area (Å²) in [4.78, 5) is 33.9. The van der Waals surface area contributed by atoms with Gasteiger partial charge in [0.1, 0.15) is 68.1 Å². The molecule has 0 radical (unpaired) electrons. The van der Waals surface area contributed by atoms with E-state index < -0.39 is 41.9 Å². The molecular weight excluding hydrogens is 1150 g/mol. The molecule has 3 heterocycles. The van der Waals surface area contributed by atoms with Crippen LogP contribution in [0.3, 0.4) is 0 Å². The minimum atomic E-state index is -1.78. The van der Waals surface area contributed by atoms with E-state index in [0.717, 1.165) is 54.3 Å². The first-order valence-electron chi connectivity index (χ1n) is 24.2. The van der Waals surface area contributed by atoms with Gasteiger partial charge in [0.2, 0.25) is 0 Å². The van der Waals surface area contributed by atoms with Gasteiger partial charge in [0, 0.05) is 50.9 Å². The van der Waals surface area contributed by atoms with Gasteiger partial charge in [-0.3, -0.25) is 14.4 Å². The molecule has 80 heavy (non-hydrogen) atoms. The van der Waals surface area contributed by atoms with Gasteiger partial charge in [-0.1, -0.05) is 105 Å². The average molecular weight is 1210 g/mol. The Hall–Kier alpha value is -4.85. The van der Waals surface area contributed by atoms with Crippen molar-refractivity contribution in [2.75, 3.05) is 40.9 Å². The molecule has 0 saturated carbocycles. The van der Waals surface area contributed by atoms with Gasteiger partial charge < -0.3 is 36.5 Å². The van der Waals surface area contributed by atoms with Crippen molar-refractivity contribution in [1.29, 1.82) is 0 Å². The topological polar surface area (TPSA) is 147 Å². The number of nitrogens with zero attached hydrogens (tertiary/aromatic N) is 4. The van der Waals surface area contributed by atoms with Crippen molar-refractivity contribution in [3.63, 3.8) is 0 Å². The maximum Gasteiger partial charge on any atom is 1.00 e. The zero-order chi connectivity index (χ0) is 57.8. The molecule has 0 N–H and O–H groups in total. The quantitative estimate of drug-likeness (QED) is 0.0305. The van der Waals surface area contributed by atoms with Crippen molar-refractivity contribution in [2.24, 2.45) is 0 Å². The summed E-state index contributed by atoms with van der Waals surface area (Å²) in [6.45, 7) is 12.5. The van der Waals surface area contributed by atoms with Crippen LogP contribution in [0.5, 0.6) is 0 Å². The second kappa shape index (κ2) is 38.0. The zero-order valence-electron chi connectivity index (χ0n) is 46.2. The number of aromatic nitrogens is 4. The maximum absolute atomic E-state index is 13.7. The van der Waals surface area contributed by atoms with Gasteiger partial charge in [0.15, 0.2) is 24.2 Å². The van der Waals surface area contributed by atoms with Crippen molar-refractivity contribution in [1.82, 2.24) is 19.6 Å². The van der Waals surface area contributed by atoms with E-state index in [0.29, 0.717) is 18.2 Å². The summed E-state index contributed by atoms with van der Waals surface area (Å²) in [5, 5.41) is 22.2. The van der Waals surface area contributed by atoms with E-state index in [9.17, 15) is 37.1 Å².